The quantitative estimate of drug-likeness (QED) is 0.281. The largest absolute Gasteiger partial charge is 0.457 e. The van der Waals surface area contributed by atoms with Crippen LogP contribution in [0.2, 0.25) is 0 Å². The standard InChI is InChI=1S/C27H20N2O3/c1-19-27(26(28-32-19)21-8-3-2-4-9-21)29(18-30)23-12-15-24(16-13-23)31-25-14-11-20-7-5-6-10-22(20)17-25/h2-18H,1H3. The van der Waals surface area contributed by atoms with Crippen molar-refractivity contribution in [3.05, 3.63) is 103 Å². The summed E-state index contributed by atoms with van der Waals surface area (Å²) in [6.07, 6.45) is 0.769. The number of aryl methyl sites for hydroxylation is 1. The van der Waals surface area contributed by atoms with Crippen molar-refractivity contribution in [3.8, 4) is 22.8 Å². The van der Waals surface area contributed by atoms with Gasteiger partial charge in [0, 0.05) is 11.3 Å². The van der Waals surface area contributed by atoms with Crippen LogP contribution in [0.4, 0.5) is 11.4 Å². The summed E-state index contributed by atoms with van der Waals surface area (Å²) < 4.78 is 11.4. The van der Waals surface area contributed by atoms with Gasteiger partial charge in [-0.25, -0.2) is 0 Å². The van der Waals surface area contributed by atoms with Crippen molar-refractivity contribution >= 4 is 28.6 Å². The molecule has 5 nitrogen and oxygen atoms in total. The van der Waals surface area contributed by atoms with Crippen molar-refractivity contribution in [2.45, 2.75) is 6.92 Å². The number of carbonyl (C=O) groups is 1. The maximum Gasteiger partial charge on any atom is 0.218 e. The first-order valence-corrected chi connectivity index (χ1v) is 10.3. The Labute approximate surface area is 185 Å². The predicted molar refractivity (Wildman–Crippen MR) is 125 cm³/mol. The van der Waals surface area contributed by atoms with Crippen LogP contribution < -0.4 is 9.64 Å². The number of amides is 1. The molecule has 0 spiro atoms. The third-order valence-electron chi connectivity index (χ3n) is 5.30. The predicted octanol–water partition coefficient (Wildman–Crippen LogP) is 6.89. The number of fused-ring (bicyclic) bond motifs is 1. The Morgan fingerprint density at radius 2 is 1.50 bits per heavy atom. The normalized spacial score (nSPS) is 10.8. The molecule has 0 radical (unpaired) electrons. The van der Waals surface area contributed by atoms with Crippen LogP contribution in [0.1, 0.15) is 5.76 Å². The minimum Gasteiger partial charge on any atom is -0.457 e. The van der Waals surface area contributed by atoms with Crippen LogP contribution >= 0.6 is 0 Å². The van der Waals surface area contributed by atoms with Gasteiger partial charge in [0.25, 0.3) is 0 Å². The Balaban J connectivity index is 1.43. The monoisotopic (exact) mass is 420 g/mol. The van der Waals surface area contributed by atoms with Gasteiger partial charge in [0.1, 0.15) is 22.9 Å². The second-order valence-corrected chi connectivity index (χ2v) is 7.38. The SMILES string of the molecule is Cc1onc(-c2ccccc2)c1N(C=O)c1ccc(Oc2ccc3ccccc3c2)cc1. The first kappa shape index (κ1) is 19.6. The Bertz CT molecular complexity index is 1380. The van der Waals surface area contributed by atoms with E-state index in [0.29, 0.717) is 28.6 Å². The van der Waals surface area contributed by atoms with Gasteiger partial charge in [0.15, 0.2) is 5.76 Å². The lowest BCUT2D eigenvalue weighted by Gasteiger charge is -2.18. The fraction of sp³-hybridized carbons (Fsp3) is 0.0370. The summed E-state index contributed by atoms with van der Waals surface area (Å²) in [5.74, 6) is 2.00. The molecule has 5 heteroatoms. The Kier molecular flexibility index (Phi) is 5.14. The average molecular weight is 420 g/mol. The highest BCUT2D eigenvalue weighted by atomic mass is 16.5. The second kappa shape index (κ2) is 8.40. The van der Waals surface area contributed by atoms with E-state index >= 15 is 0 Å². The molecule has 0 aliphatic heterocycles. The minimum absolute atomic E-state index is 0.562. The van der Waals surface area contributed by atoms with Crippen molar-refractivity contribution in [3.63, 3.8) is 0 Å². The van der Waals surface area contributed by atoms with E-state index in [-0.39, 0.29) is 0 Å². The van der Waals surface area contributed by atoms with Crippen LogP contribution in [-0.2, 0) is 4.79 Å². The summed E-state index contributed by atoms with van der Waals surface area (Å²) in [6, 6.07) is 31.1. The molecular formula is C27H20N2O3. The molecule has 0 aliphatic rings. The molecule has 0 unspecified atom stereocenters. The van der Waals surface area contributed by atoms with Gasteiger partial charge in [-0.05, 0) is 54.1 Å². The zero-order valence-corrected chi connectivity index (χ0v) is 17.4. The molecule has 0 saturated carbocycles. The van der Waals surface area contributed by atoms with Gasteiger partial charge in [-0.2, -0.15) is 0 Å². The average Bonchev–Trinajstić information content (AvgIpc) is 3.22. The van der Waals surface area contributed by atoms with Crippen LogP contribution in [0.5, 0.6) is 11.5 Å². The second-order valence-electron chi connectivity index (χ2n) is 7.38. The summed E-state index contributed by atoms with van der Waals surface area (Å²) in [7, 11) is 0. The molecular weight excluding hydrogens is 400 g/mol. The molecule has 0 bridgehead atoms. The lowest BCUT2D eigenvalue weighted by molar-refractivity contribution is -0.106. The maximum absolute atomic E-state index is 12.1. The van der Waals surface area contributed by atoms with Gasteiger partial charge >= 0.3 is 0 Å². The molecule has 1 aromatic heterocycles. The van der Waals surface area contributed by atoms with Crippen molar-refractivity contribution in [1.29, 1.82) is 0 Å². The van der Waals surface area contributed by atoms with Crippen molar-refractivity contribution in [2.75, 3.05) is 4.90 Å². The molecule has 5 rings (SSSR count). The molecule has 32 heavy (non-hydrogen) atoms. The Morgan fingerprint density at radius 1 is 0.812 bits per heavy atom. The van der Waals surface area contributed by atoms with Gasteiger partial charge in [0.2, 0.25) is 6.41 Å². The number of hydrogen-bond acceptors (Lipinski definition) is 4. The third-order valence-corrected chi connectivity index (χ3v) is 5.30. The van der Waals surface area contributed by atoms with E-state index in [0.717, 1.165) is 28.5 Å². The van der Waals surface area contributed by atoms with Crippen molar-refractivity contribution in [2.24, 2.45) is 0 Å². The van der Waals surface area contributed by atoms with Crippen LogP contribution in [-0.4, -0.2) is 11.6 Å². The van der Waals surface area contributed by atoms with Crippen LogP contribution in [0.25, 0.3) is 22.0 Å². The van der Waals surface area contributed by atoms with E-state index < -0.39 is 0 Å². The van der Waals surface area contributed by atoms with E-state index in [1.54, 1.807) is 6.92 Å². The topological polar surface area (TPSA) is 55.6 Å². The lowest BCUT2D eigenvalue weighted by Crippen LogP contribution is -2.15. The summed E-state index contributed by atoms with van der Waals surface area (Å²) >= 11 is 0. The smallest absolute Gasteiger partial charge is 0.218 e. The zero-order valence-electron chi connectivity index (χ0n) is 17.4. The number of benzene rings is 4. The number of rotatable bonds is 6. The molecule has 0 N–H and O–H groups in total. The molecule has 0 atom stereocenters. The highest BCUT2D eigenvalue weighted by Crippen LogP contribution is 2.37. The van der Waals surface area contributed by atoms with Gasteiger partial charge in [-0.3, -0.25) is 9.69 Å². The van der Waals surface area contributed by atoms with Crippen LogP contribution in [0.3, 0.4) is 0 Å². The van der Waals surface area contributed by atoms with E-state index in [1.807, 2.05) is 84.9 Å². The minimum atomic E-state index is 0.562. The number of hydrogen-bond donors (Lipinski definition) is 0. The lowest BCUT2D eigenvalue weighted by atomic mass is 10.1. The summed E-state index contributed by atoms with van der Waals surface area (Å²) in [4.78, 5) is 13.6. The number of nitrogens with zero attached hydrogens (tertiary/aromatic N) is 2. The first-order valence-electron chi connectivity index (χ1n) is 10.3. The number of carbonyl (C=O) groups excluding carboxylic acids is 1. The van der Waals surface area contributed by atoms with Gasteiger partial charge in [0.05, 0.1) is 0 Å². The van der Waals surface area contributed by atoms with Crippen LogP contribution in [0, 0.1) is 6.92 Å². The Morgan fingerprint density at radius 3 is 2.25 bits per heavy atom. The highest BCUT2D eigenvalue weighted by molar-refractivity contribution is 5.93. The Hall–Kier alpha value is -4.38. The first-order chi connectivity index (χ1) is 15.7. The molecule has 5 aromatic rings. The number of aromatic nitrogens is 1. The third kappa shape index (κ3) is 3.72. The molecule has 0 fully saturated rings. The molecule has 1 heterocycles. The van der Waals surface area contributed by atoms with Gasteiger partial charge < -0.3 is 9.26 Å². The molecule has 0 saturated heterocycles. The molecule has 0 aliphatic carbocycles. The van der Waals surface area contributed by atoms with E-state index in [9.17, 15) is 4.79 Å². The number of anilines is 2. The molecule has 156 valence electrons. The highest BCUT2D eigenvalue weighted by Gasteiger charge is 2.22. The summed E-state index contributed by atoms with van der Waals surface area (Å²) in [5.41, 5.74) is 2.80. The fourth-order valence-electron chi connectivity index (χ4n) is 3.72. The van der Waals surface area contributed by atoms with E-state index in [4.69, 9.17) is 9.26 Å². The van der Waals surface area contributed by atoms with Gasteiger partial charge in [-0.15, -0.1) is 0 Å². The summed E-state index contributed by atoms with van der Waals surface area (Å²) in [6.45, 7) is 1.79. The number of ether oxygens (including phenoxy) is 1. The van der Waals surface area contributed by atoms with Gasteiger partial charge in [-0.1, -0.05) is 65.8 Å². The molecule has 1 amide bonds. The zero-order chi connectivity index (χ0) is 21.9. The van der Waals surface area contributed by atoms with Crippen LogP contribution in [0.15, 0.2) is 102 Å². The summed E-state index contributed by atoms with van der Waals surface area (Å²) in [5, 5.41) is 6.46. The fourth-order valence-corrected chi connectivity index (χ4v) is 3.72. The maximum atomic E-state index is 12.1. The molecule has 4 aromatic carbocycles. The van der Waals surface area contributed by atoms with Crippen molar-refractivity contribution in [1.82, 2.24) is 5.16 Å². The van der Waals surface area contributed by atoms with E-state index in [1.165, 1.54) is 4.90 Å². The van der Waals surface area contributed by atoms with Crippen molar-refractivity contribution < 1.29 is 14.1 Å². The van der Waals surface area contributed by atoms with E-state index in [2.05, 4.69) is 17.3 Å².